The molecule has 0 aliphatic rings. The first kappa shape index (κ1) is 21.8. The van der Waals surface area contributed by atoms with E-state index >= 15 is 0 Å². The van der Waals surface area contributed by atoms with Crippen LogP contribution in [0.5, 0.6) is 0 Å². The molecule has 138 valence electrons. The lowest BCUT2D eigenvalue weighted by Crippen LogP contribution is -2.58. The third kappa shape index (κ3) is 7.38. The third-order valence-corrected chi connectivity index (χ3v) is 3.33. The maximum atomic E-state index is 12.2. The first-order chi connectivity index (χ1) is 11.0. The molecule has 0 aliphatic heterocycles. The van der Waals surface area contributed by atoms with Gasteiger partial charge < -0.3 is 32.3 Å². The zero-order chi connectivity index (χ0) is 19.0. The summed E-state index contributed by atoms with van der Waals surface area (Å²) in [7, 11) is 0. The summed E-state index contributed by atoms with van der Waals surface area (Å²) in [6, 6.07) is -3.57. The van der Waals surface area contributed by atoms with Crippen LogP contribution in [-0.2, 0) is 19.2 Å². The van der Waals surface area contributed by atoms with Gasteiger partial charge in [0.2, 0.25) is 17.7 Å². The molecule has 0 saturated carbocycles. The molecule has 0 aromatic rings. The van der Waals surface area contributed by atoms with E-state index in [4.69, 9.17) is 16.6 Å². The highest BCUT2D eigenvalue weighted by Gasteiger charge is 2.31. The van der Waals surface area contributed by atoms with Gasteiger partial charge in [-0.05, 0) is 19.3 Å². The summed E-state index contributed by atoms with van der Waals surface area (Å²) in [4.78, 5) is 45.9. The molecule has 8 N–H and O–H groups in total. The van der Waals surface area contributed by atoms with Crippen LogP contribution in [0.1, 0.15) is 33.6 Å². The van der Waals surface area contributed by atoms with E-state index in [1.54, 1.807) is 13.8 Å². The normalized spacial score (nSPS) is 15.9. The summed E-state index contributed by atoms with van der Waals surface area (Å²) in [6.45, 7) is 4.52. The zero-order valence-electron chi connectivity index (χ0n) is 14.0. The van der Waals surface area contributed by atoms with E-state index in [0.717, 1.165) is 0 Å². The monoisotopic (exact) mass is 346 g/mol. The minimum atomic E-state index is -1.50. The van der Waals surface area contributed by atoms with Crippen LogP contribution in [-0.4, -0.2) is 58.1 Å². The number of nitrogens with two attached hydrogens (primary N) is 2. The van der Waals surface area contributed by atoms with Crippen molar-refractivity contribution in [1.29, 1.82) is 0 Å². The number of carboxylic acids is 1. The summed E-state index contributed by atoms with van der Waals surface area (Å²) in [5.41, 5.74) is 10.6. The van der Waals surface area contributed by atoms with Gasteiger partial charge in [-0.3, -0.25) is 14.4 Å². The Balaban J connectivity index is 4.90. The van der Waals surface area contributed by atoms with Crippen LogP contribution >= 0.6 is 0 Å². The number of nitrogens with one attached hydrogen (secondary N) is 2. The van der Waals surface area contributed by atoms with Gasteiger partial charge in [-0.2, -0.15) is 0 Å². The largest absolute Gasteiger partial charge is 0.480 e. The predicted octanol–water partition coefficient (Wildman–Crippen LogP) is -2.33. The van der Waals surface area contributed by atoms with Crippen LogP contribution < -0.4 is 22.1 Å². The van der Waals surface area contributed by atoms with Gasteiger partial charge in [-0.15, -0.1) is 0 Å². The second-order valence-corrected chi connectivity index (χ2v) is 5.91. The second-order valence-electron chi connectivity index (χ2n) is 5.91. The van der Waals surface area contributed by atoms with Gasteiger partial charge in [0, 0.05) is 6.42 Å². The fourth-order valence-corrected chi connectivity index (χ4v) is 1.86. The van der Waals surface area contributed by atoms with Crippen LogP contribution in [0.15, 0.2) is 0 Å². The number of carboxylic acid groups (broad SMARTS) is 1. The number of primary amides is 1. The number of rotatable bonds is 10. The molecule has 0 rings (SSSR count). The van der Waals surface area contributed by atoms with Gasteiger partial charge in [0.1, 0.15) is 6.04 Å². The van der Waals surface area contributed by atoms with E-state index in [1.165, 1.54) is 6.92 Å². The number of hydrogen-bond donors (Lipinski definition) is 6. The molecule has 0 saturated heterocycles. The molecule has 24 heavy (non-hydrogen) atoms. The standard InChI is InChI=1S/C14H26N4O6/c1-6(2)10(13(22)18-11(7(3)19)14(23)24)17-12(21)8(15)4-5-9(16)20/h6-8,10-11,19H,4-5,15H2,1-3H3,(H2,16,20)(H,17,21)(H,18,22)(H,23,24). The Morgan fingerprint density at radius 3 is 1.88 bits per heavy atom. The van der Waals surface area contributed by atoms with E-state index in [9.17, 15) is 24.3 Å². The molecule has 10 heteroatoms. The average Bonchev–Trinajstić information content (AvgIpc) is 2.45. The fourth-order valence-electron chi connectivity index (χ4n) is 1.86. The number of aliphatic hydroxyl groups is 1. The van der Waals surface area contributed by atoms with E-state index in [2.05, 4.69) is 10.6 Å². The first-order valence-corrected chi connectivity index (χ1v) is 7.52. The molecule has 0 fully saturated rings. The smallest absolute Gasteiger partial charge is 0.328 e. The van der Waals surface area contributed by atoms with Crippen molar-refractivity contribution < 1.29 is 29.4 Å². The van der Waals surface area contributed by atoms with Crippen molar-refractivity contribution in [3.63, 3.8) is 0 Å². The molecular weight excluding hydrogens is 320 g/mol. The molecule has 4 unspecified atom stereocenters. The molecule has 0 bridgehead atoms. The number of aliphatic carboxylic acids is 1. The number of carbonyl (C=O) groups is 4. The first-order valence-electron chi connectivity index (χ1n) is 7.52. The molecule has 0 spiro atoms. The maximum Gasteiger partial charge on any atom is 0.328 e. The number of hydrogen-bond acceptors (Lipinski definition) is 6. The van der Waals surface area contributed by atoms with Crippen molar-refractivity contribution in [2.45, 2.75) is 57.8 Å². The Bertz CT molecular complexity index is 480. The second kappa shape index (κ2) is 9.83. The van der Waals surface area contributed by atoms with Gasteiger partial charge in [0.15, 0.2) is 6.04 Å². The summed E-state index contributed by atoms with van der Waals surface area (Å²) in [5.74, 6) is -3.77. The Kier molecular flexibility index (Phi) is 8.93. The summed E-state index contributed by atoms with van der Waals surface area (Å²) in [6.07, 6.45) is -1.36. The van der Waals surface area contributed by atoms with Crippen molar-refractivity contribution in [2.75, 3.05) is 0 Å². The van der Waals surface area contributed by atoms with E-state index in [-0.39, 0.29) is 18.8 Å². The third-order valence-electron chi connectivity index (χ3n) is 3.33. The van der Waals surface area contributed by atoms with Gasteiger partial charge in [0.05, 0.1) is 12.1 Å². The van der Waals surface area contributed by atoms with Crippen molar-refractivity contribution in [3.05, 3.63) is 0 Å². The van der Waals surface area contributed by atoms with Crippen molar-refractivity contribution in [3.8, 4) is 0 Å². The van der Waals surface area contributed by atoms with E-state index < -0.39 is 47.9 Å². The molecule has 3 amide bonds. The SMILES string of the molecule is CC(C)C(NC(=O)C(N)CCC(N)=O)C(=O)NC(C(=O)O)C(C)O. The van der Waals surface area contributed by atoms with Crippen molar-refractivity contribution >= 4 is 23.7 Å². The quantitative estimate of drug-likeness (QED) is 0.256. The van der Waals surface area contributed by atoms with Gasteiger partial charge in [0.25, 0.3) is 0 Å². The maximum absolute atomic E-state index is 12.2. The van der Waals surface area contributed by atoms with Crippen LogP contribution in [0, 0.1) is 5.92 Å². The lowest BCUT2D eigenvalue weighted by Gasteiger charge is -2.26. The summed E-state index contributed by atoms with van der Waals surface area (Å²) in [5, 5.41) is 23.0. The fraction of sp³-hybridized carbons (Fsp3) is 0.714. The Hall–Kier alpha value is -2.20. The Morgan fingerprint density at radius 2 is 1.50 bits per heavy atom. The average molecular weight is 346 g/mol. The molecule has 4 atom stereocenters. The molecular formula is C14H26N4O6. The molecule has 0 aliphatic carbocycles. The Morgan fingerprint density at radius 1 is 1.00 bits per heavy atom. The van der Waals surface area contributed by atoms with Crippen molar-refractivity contribution in [1.82, 2.24) is 10.6 Å². The van der Waals surface area contributed by atoms with Gasteiger partial charge in [-0.25, -0.2) is 4.79 Å². The van der Waals surface area contributed by atoms with Crippen molar-refractivity contribution in [2.24, 2.45) is 17.4 Å². The lowest BCUT2D eigenvalue weighted by molar-refractivity contribution is -0.145. The minimum Gasteiger partial charge on any atom is -0.480 e. The highest BCUT2D eigenvalue weighted by Crippen LogP contribution is 2.05. The molecule has 10 nitrogen and oxygen atoms in total. The summed E-state index contributed by atoms with van der Waals surface area (Å²) >= 11 is 0. The topological polar surface area (TPSA) is 185 Å². The molecule has 0 aromatic heterocycles. The molecule has 0 heterocycles. The number of aliphatic hydroxyl groups excluding tert-OH is 1. The van der Waals surface area contributed by atoms with Gasteiger partial charge in [-0.1, -0.05) is 13.8 Å². The van der Waals surface area contributed by atoms with E-state index in [0.29, 0.717) is 0 Å². The van der Waals surface area contributed by atoms with Gasteiger partial charge >= 0.3 is 5.97 Å². The van der Waals surface area contributed by atoms with Crippen LogP contribution in [0.2, 0.25) is 0 Å². The Labute approximate surface area is 139 Å². The van der Waals surface area contributed by atoms with Crippen LogP contribution in [0.4, 0.5) is 0 Å². The highest BCUT2D eigenvalue weighted by atomic mass is 16.4. The molecule has 0 aromatic carbocycles. The number of carbonyl (C=O) groups excluding carboxylic acids is 3. The zero-order valence-corrected chi connectivity index (χ0v) is 14.0. The molecule has 0 radical (unpaired) electrons. The predicted molar refractivity (Wildman–Crippen MR) is 84.4 cm³/mol. The minimum absolute atomic E-state index is 0.0268. The lowest BCUT2D eigenvalue weighted by atomic mass is 10.0. The van der Waals surface area contributed by atoms with E-state index in [1.807, 2.05) is 0 Å². The van der Waals surface area contributed by atoms with Crippen LogP contribution in [0.25, 0.3) is 0 Å². The van der Waals surface area contributed by atoms with Crippen LogP contribution in [0.3, 0.4) is 0 Å². The highest BCUT2D eigenvalue weighted by molar-refractivity contribution is 5.92. The summed E-state index contributed by atoms with van der Waals surface area (Å²) < 4.78 is 0. The number of amides is 3.